The molecule has 3 rings (SSSR count). The van der Waals surface area contributed by atoms with Crippen molar-refractivity contribution in [2.24, 2.45) is 17.8 Å². The SMILES string of the molecule is N#Cc1cc(N)ccc1NC(=O)C1CC2CC2C1. The zero-order valence-electron chi connectivity index (χ0n) is 10.0. The Labute approximate surface area is 106 Å². The van der Waals surface area contributed by atoms with E-state index >= 15 is 0 Å². The van der Waals surface area contributed by atoms with Gasteiger partial charge >= 0.3 is 0 Å². The summed E-state index contributed by atoms with van der Waals surface area (Å²) in [7, 11) is 0. The van der Waals surface area contributed by atoms with Gasteiger partial charge in [0.1, 0.15) is 6.07 Å². The molecule has 0 radical (unpaired) electrons. The molecule has 2 fully saturated rings. The fourth-order valence-corrected chi connectivity index (χ4v) is 2.93. The molecule has 92 valence electrons. The monoisotopic (exact) mass is 241 g/mol. The van der Waals surface area contributed by atoms with E-state index in [1.54, 1.807) is 18.2 Å². The maximum atomic E-state index is 12.1. The molecule has 4 nitrogen and oxygen atoms in total. The summed E-state index contributed by atoms with van der Waals surface area (Å²) in [6, 6.07) is 7.03. The summed E-state index contributed by atoms with van der Waals surface area (Å²) in [4.78, 5) is 12.1. The van der Waals surface area contributed by atoms with Crippen molar-refractivity contribution >= 4 is 17.3 Å². The second-order valence-corrected chi connectivity index (χ2v) is 5.33. The van der Waals surface area contributed by atoms with Crippen molar-refractivity contribution in [1.29, 1.82) is 5.26 Å². The lowest BCUT2D eigenvalue weighted by Crippen LogP contribution is -2.22. The number of anilines is 2. The van der Waals surface area contributed by atoms with Crippen LogP contribution in [0.15, 0.2) is 18.2 Å². The van der Waals surface area contributed by atoms with Crippen molar-refractivity contribution in [2.45, 2.75) is 19.3 Å². The molecule has 2 saturated carbocycles. The largest absolute Gasteiger partial charge is 0.399 e. The number of nitrogen functional groups attached to an aromatic ring is 1. The molecule has 2 aliphatic rings. The molecule has 18 heavy (non-hydrogen) atoms. The van der Waals surface area contributed by atoms with Crippen LogP contribution in [-0.4, -0.2) is 5.91 Å². The van der Waals surface area contributed by atoms with Gasteiger partial charge < -0.3 is 11.1 Å². The number of benzene rings is 1. The highest BCUT2D eigenvalue weighted by atomic mass is 16.1. The predicted octanol–water partition coefficient (Wildman–Crippen LogP) is 2.13. The maximum absolute atomic E-state index is 12.1. The molecule has 2 aliphatic carbocycles. The van der Waals surface area contributed by atoms with Gasteiger partial charge in [0.25, 0.3) is 0 Å². The maximum Gasteiger partial charge on any atom is 0.227 e. The molecule has 0 spiro atoms. The minimum absolute atomic E-state index is 0.0449. The standard InChI is InChI=1S/C14H15N3O/c15-7-11-6-12(16)1-2-13(11)17-14(18)10-4-8-3-9(8)5-10/h1-2,6,8-10H,3-5,16H2,(H,17,18). The normalized spacial score (nSPS) is 28.3. The number of rotatable bonds is 2. The Kier molecular flexibility index (Phi) is 2.48. The minimum atomic E-state index is 0.0449. The molecule has 0 aliphatic heterocycles. The molecular formula is C14H15N3O. The minimum Gasteiger partial charge on any atom is -0.399 e. The Morgan fingerprint density at radius 3 is 2.72 bits per heavy atom. The smallest absolute Gasteiger partial charge is 0.227 e. The fourth-order valence-electron chi connectivity index (χ4n) is 2.93. The lowest BCUT2D eigenvalue weighted by Gasteiger charge is -2.13. The molecule has 0 saturated heterocycles. The van der Waals surface area contributed by atoms with Crippen LogP contribution in [0.5, 0.6) is 0 Å². The average Bonchev–Trinajstić information content (AvgIpc) is 2.98. The Balaban J connectivity index is 1.72. The van der Waals surface area contributed by atoms with Gasteiger partial charge in [0.05, 0.1) is 11.3 Å². The van der Waals surface area contributed by atoms with E-state index in [9.17, 15) is 4.79 Å². The number of nitrogens with zero attached hydrogens (tertiary/aromatic N) is 1. The van der Waals surface area contributed by atoms with E-state index in [4.69, 9.17) is 11.0 Å². The number of hydrogen-bond donors (Lipinski definition) is 2. The molecule has 2 atom stereocenters. The van der Waals surface area contributed by atoms with Gasteiger partial charge in [0.15, 0.2) is 0 Å². The van der Waals surface area contributed by atoms with Gasteiger partial charge in [-0.05, 0) is 49.3 Å². The summed E-state index contributed by atoms with van der Waals surface area (Å²) < 4.78 is 0. The lowest BCUT2D eigenvalue weighted by molar-refractivity contribution is -0.120. The van der Waals surface area contributed by atoms with Gasteiger partial charge in [0.2, 0.25) is 5.91 Å². The molecule has 0 heterocycles. The van der Waals surface area contributed by atoms with Gasteiger partial charge in [-0.2, -0.15) is 5.26 Å². The number of fused-ring (bicyclic) bond motifs is 1. The van der Waals surface area contributed by atoms with Gasteiger partial charge in [0, 0.05) is 11.6 Å². The number of hydrogen-bond acceptors (Lipinski definition) is 3. The van der Waals surface area contributed by atoms with Gasteiger partial charge in [-0.3, -0.25) is 4.79 Å². The molecule has 1 aromatic carbocycles. The van der Waals surface area contributed by atoms with Crippen LogP contribution in [0.3, 0.4) is 0 Å². The van der Waals surface area contributed by atoms with Crippen LogP contribution in [0.4, 0.5) is 11.4 Å². The molecule has 1 aromatic rings. The molecule has 0 aromatic heterocycles. The first-order valence-corrected chi connectivity index (χ1v) is 6.28. The summed E-state index contributed by atoms with van der Waals surface area (Å²) in [5.41, 5.74) is 7.14. The number of nitriles is 1. The Hall–Kier alpha value is -2.02. The highest BCUT2D eigenvalue weighted by Gasteiger charge is 2.48. The molecule has 4 heteroatoms. The third-order valence-corrected chi connectivity index (χ3v) is 4.04. The number of nitrogens with one attached hydrogen (secondary N) is 1. The third kappa shape index (κ3) is 1.92. The van der Waals surface area contributed by atoms with Crippen molar-refractivity contribution < 1.29 is 4.79 Å². The summed E-state index contributed by atoms with van der Waals surface area (Å²) in [6.45, 7) is 0. The van der Waals surface area contributed by atoms with Crippen LogP contribution in [-0.2, 0) is 4.79 Å². The Bertz CT molecular complexity index is 536. The van der Waals surface area contributed by atoms with Crippen LogP contribution in [0.25, 0.3) is 0 Å². The average molecular weight is 241 g/mol. The van der Waals surface area contributed by atoms with Crippen LogP contribution < -0.4 is 11.1 Å². The molecule has 1 amide bonds. The van der Waals surface area contributed by atoms with Crippen molar-refractivity contribution in [3.05, 3.63) is 23.8 Å². The van der Waals surface area contributed by atoms with Crippen molar-refractivity contribution in [1.82, 2.24) is 0 Å². The van der Waals surface area contributed by atoms with E-state index in [-0.39, 0.29) is 11.8 Å². The second-order valence-electron chi connectivity index (χ2n) is 5.33. The van der Waals surface area contributed by atoms with Crippen LogP contribution >= 0.6 is 0 Å². The Morgan fingerprint density at radius 2 is 2.06 bits per heavy atom. The fraction of sp³-hybridized carbons (Fsp3) is 0.429. The number of amides is 1. The summed E-state index contributed by atoms with van der Waals surface area (Å²) in [5, 5.41) is 11.9. The number of carbonyl (C=O) groups is 1. The summed E-state index contributed by atoms with van der Waals surface area (Å²) in [5.74, 6) is 1.73. The zero-order chi connectivity index (χ0) is 12.7. The Morgan fingerprint density at radius 1 is 1.33 bits per heavy atom. The van der Waals surface area contributed by atoms with Gasteiger partial charge in [-0.15, -0.1) is 0 Å². The first-order valence-electron chi connectivity index (χ1n) is 6.28. The first-order chi connectivity index (χ1) is 8.67. The number of carbonyl (C=O) groups excluding carboxylic acids is 1. The summed E-state index contributed by atoms with van der Waals surface area (Å²) in [6.07, 6.45) is 3.32. The van der Waals surface area contributed by atoms with E-state index in [2.05, 4.69) is 11.4 Å². The van der Waals surface area contributed by atoms with E-state index in [0.717, 1.165) is 24.7 Å². The molecule has 3 N–H and O–H groups in total. The first kappa shape index (κ1) is 11.1. The van der Waals surface area contributed by atoms with Crippen LogP contribution in [0.1, 0.15) is 24.8 Å². The van der Waals surface area contributed by atoms with Crippen LogP contribution in [0, 0.1) is 29.1 Å². The highest BCUT2D eigenvalue weighted by molar-refractivity contribution is 5.94. The second kappa shape index (κ2) is 4.02. The molecule has 0 bridgehead atoms. The van der Waals surface area contributed by atoms with Gasteiger partial charge in [-0.1, -0.05) is 0 Å². The topological polar surface area (TPSA) is 78.9 Å². The van der Waals surface area contributed by atoms with Crippen molar-refractivity contribution in [3.63, 3.8) is 0 Å². The quantitative estimate of drug-likeness (QED) is 0.778. The predicted molar refractivity (Wildman–Crippen MR) is 68.5 cm³/mol. The summed E-state index contributed by atoms with van der Waals surface area (Å²) >= 11 is 0. The van der Waals surface area contributed by atoms with Crippen molar-refractivity contribution in [2.75, 3.05) is 11.1 Å². The lowest BCUT2D eigenvalue weighted by atomic mass is 10.0. The van der Waals surface area contributed by atoms with E-state index in [1.165, 1.54) is 6.42 Å². The van der Waals surface area contributed by atoms with Crippen LogP contribution in [0.2, 0.25) is 0 Å². The van der Waals surface area contributed by atoms with E-state index in [1.807, 2.05) is 0 Å². The van der Waals surface area contributed by atoms with Crippen molar-refractivity contribution in [3.8, 4) is 6.07 Å². The highest BCUT2D eigenvalue weighted by Crippen LogP contribution is 2.54. The third-order valence-electron chi connectivity index (χ3n) is 4.04. The zero-order valence-corrected chi connectivity index (χ0v) is 10.0. The molecular weight excluding hydrogens is 226 g/mol. The molecule has 2 unspecified atom stereocenters. The van der Waals surface area contributed by atoms with E-state index < -0.39 is 0 Å². The van der Waals surface area contributed by atoms with E-state index in [0.29, 0.717) is 16.9 Å². The van der Waals surface area contributed by atoms with Gasteiger partial charge in [-0.25, -0.2) is 0 Å². The number of nitrogens with two attached hydrogens (primary N) is 1.